The molecule has 2 fully saturated rings. The lowest BCUT2D eigenvalue weighted by molar-refractivity contribution is -0.132. The molecule has 0 bridgehead atoms. The highest BCUT2D eigenvalue weighted by Crippen LogP contribution is 2.35. The standard InChI is InChI=1S/C17H23FN2O/c1-2-6-15-17(21)20(14-9-3-4-10-14)16(19-15)12-7-5-8-13(18)11-12/h5,7-8,11,14-16,19H,2-4,6,9-10H2,1H3. The van der Waals surface area contributed by atoms with Gasteiger partial charge in [0.15, 0.2) is 0 Å². The van der Waals surface area contributed by atoms with Gasteiger partial charge < -0.3 is 4.90 Å². The molecule has 4 heteroatoms. The smallest absolute Gasteiger partial charge is 0.241 e. The van der Waals surface area contributed by atoms with Gasteiger partial charge in [-0.25, -0.2) is 4.39 Å². The quantitative estimate of drug-likeness (QED) is 0.922. The van der Waals surface area contributed by atoms with Crippen molar-refractivity contribution in [2.45, 2.75) is 63.7 Å². The van der Waals surface area contributed by atoms with Crippen molar-refractivity contribution in [1.82, 2.24) is 10.2 Å². The van der Waals surface area contributed by atoms with E-state index in [9.17, 15) is 9.18 Å². The molecule has 1 heterocycles. The van der Waals surface area contributed by atoms with Gasteiger partial charge in [0, 0.05) is 6.04 Å². The van der Waals surface area contributed by atoms with E-state index in [0.717, 1.165) is 31.2 Å². The molecule has 3 nitrogen and oxygen atoms in total. The highest BCUT2D eigenvalue weighted by atomic mass is 19.1. The zero-order valence-corrected chi connectivity index (χ0v) is 12.5. The van der Waals surface area contributed by atoms with Gasteiger partial charge in [0.1, 0.15) is 12.0 Å². The molecule has 21 heavy (non-hydrogen) atoms. The molecule has 1 aromatic carbocycles. The summed E-state index contributed by atoms with van der Waals surface area (Å²) in [5, 5.41) is 3.42. The molecule has 1 aromatic rings. The first kappa shape index (κ1) is 14.5. The average Bonchev–Trinajstić information content (AvgIpc) is 3.08. The minimum absolute atomic E-state index is 0.121. The Bertz CT molecular complexity index is 513. The Morgan fingerprint density at radius 1 is 1.33 bits per heavy atom. The maximum atomic E-state index is 13.5. The summed E-state index contributed by atoms with van der Waals surface area (Å²) in [4.78, 5) is 14.7. The van der Waals surface area contributed by atoms with Crippen LogP contribution in [0.1, 0.15) is 57.2 Å². The van der Waals surface area contributed by atoms with Crippen molar-refractivity contribution in [1.29, 1.82) is 0 Å². The third-order valence-corrected chi connectivity index (χ3v) is 4.65. The largest absolute Gasteiger partial charge is 0.319 e. The molecule has 0 aromatic heterocycles. The van der Waals surface area contributed by atoms with Crippen LogP contribution in [0, 0.1) is 5.82 Å². The Morgan fingerprint density at radius 2 is 2.10 bits per heavy atom. The summed E-state index contributed by atoms with van der Waals surface area (Å²) in [5.74, 6) is -0.0509. The molecule has 2 atom stereocenters. The van der Waals surface area contributed by atoms with Crippen LogP contribution in [0.2, 0.25) is 0 Å². The third-order valence-electron chi connectivity index (χ3n) is 4.65. The van der Waals surface area contributed by atoms with Crippen LogP contribution >= 0.6 is 0 Å². The summed E-state index contributed by atoms with van der Waals surface area (Å²) in [6.45, 7) is 2.09. The van der Waals surface area contributed by atoms with E-state index in [4.69, 9.17) is 0 Å². The zero-order valence-electron chi connectivity index (χ0n) is 12.5. The van der Waals surface area contributed by atoms with Gasteiger partial charge in [-0.15, -0.1) is 0 Å². The predicted molar refractivity (Wildman–Crippen MR) is 80.1 cm³/mol. The number of amides is 1. The van der Waals surface area contributed by atoms with Crippen LogP contribution in [0.3, 0.4) is 0 Å². The van der Waals surface area contributed by atoms with Gasteiger partial charge in [-0.2, -0.15) is 0 Å². The van der Waals surface area contributed by atoms with Crippen LogP contribution < -0.4 is 5.32 Å². The maximum absolute atomic E-state index is 13.5. The molecule has 1 N–H and O–H groups in total. The molecule has 2 aliphatic rings. The molecule has 3 rings (SSSR count). The highest BCUT2D eigenvalue weighted by Gasteiger charge is 2.43. The van der Waals surface area contributed by atoms with Gasteiger partial charge in [-0.1, -0.05) is 38.3 Å². The van der Waals surface area contributed by atoms with E-state index in [1.54, 1.807) is 12.1 Å². The van der Waals surface area contributed by atoms with E-state index in [-0.39, 0.29) is 23.9 Å². The molecular weight excluding hydrogens is 267 g/mol. The lowest BCUT2D eigenvalue weighted by Gasteiger charge is -2.30. The second-order valence-corrected chi connectivity index (χ2v) is 6.15. The predicted octanol–water partition coefficient (Wildman–Crippen LogP) is 3.37. The van der Waals surface area contributed by atoms with E-state index in [1.807, 2.05) is 11.0 Å². The number of benzene rings is 1. The third kappa shape index (κ3) is 2.82. The molecule has 0 radical (unpaired) electrons. The average molecular weight is 290 g/mol. The zero-order chi connectivity index (χ0) is 14.8. The van der Waals surface area contributed by atoms with Crippen LogP contribution in [0.5, 0.6) is 0 Å². The second-order valence-electron chi connectivity index (χ2n) is 6.15. The fourth-order valence-electron chi connectivity index (χ4n) is 3.65. The Balaban J connectivity index is 1.89. The van der Waals surface area contributed by atoms with Gasteiger partial charge in [0.05, 0.1) is 6.04 Å². The van der Waals surface area contributed by atoms with Crippen LogP contribution in [0.4, 0.5) is 4.39 Å². The monoisotopic (exact) mass is 290 g/mol. The first-order valence-corrected chi connectivity index (χ1v) is 8.04. The van der Waals surface area contributed by atoms with Gasteiger partial charge in [0.25, 0.3) is 0 Å². The normalized spacial score (nSPS) is 26.8. The van der Waals surface area contributed by atoms with E-state index < -0.39 is 0 Å². The maximum Gasteiger partial charge on any atom is 0.241 e. The molecular formula is C17H23FN2O. The Morgan fingerprint density at radius 3 is 2.76 bits per heavy atom. The van der Waals surface area contributed by atoms with E-state index in [0.29, 0.717) is 6.04 Å². The molecule has 1 saturated heterocycles. The second kappa shape index (κ2) is 6.14. The highest BCUT2D eigenvalue weighted by molar-refractivity contribution is 5.85. The van der Waals surface area contributed by atoms with E-state index >= 15 is 0 Å². The van der Waals surface area contributed by atoms with Crippen LogP contribution in [0.25, 0.3) is 0 Å². The van der Waals surface area contributed by atoms with Crippen LogP contribution in [-0.2, 0) is 4.79 Å². The van der Waals surface area contributed by atoms with Crippen molar-refractivity contribution in [3.63, 3.8) is 0 Å². The summed E-state index contributed by atoms with van der Waals surface area (Å²) in [5.41, 5.74) is 0.855. The summed E-state index contributed by atoms with van der Waals surface area (Å²) < 4.78 is 13.5. The number of hydrogen-bond acceptors (Lipinski definition) is 2. The number of carbonyl (C=O) groups is 1. The molecule has 1 amide bonds. The minimum atomic E-state index is -0.243. The SMILES string of the molecule is CCCC1NC(c2cccc(F)c2)N(C2CCCC2)C1=O. The Labute approximate surface area is 125 Å². The van der Waals surface area contributed by atoms with Gasteiger partial charge in [0.2, 0.25) is 5.91 Å². The first-order valence-electron chi connectivity index (χ1n) is 8.04. The van der Waals surface area contributed by atoms with Crippen LogP contribution in [-0.4, -0.2) is 22.9 Å². The summed E-state index contributed by atoms with van der Waals surface area (Å²) in [6, 6.07) is 6.80. The Hall–Kier alpha value is -1.42. The lowest BCUT2D eigenvalue weighted by Crippen LogP contribution is -2.38. The van der Waals surface area contributed by atoms with E-state index in [1.165, 1.54) is 18.9 Å². The van der Waals surface area contributed by atoms with Gasteiger partial charge in [-0.3, -0.25) is 10.1 Å². The van der Waals surface area contributed by atoms with Crippen molar-refractivity contribution in [3.8, 4) is 0 Å². The lowest BCUT2D eigenvalue weighted by atomic mass is 10.1. The first-order chi connectivity index (χ1) is 10.2. The fourth-order valence-corrected chi connectivity index (χ4v) is 3.65. The number of rotatable bonds is 4. The van der Waals surface area contributed by atoms with Crippen LogP contribution in [0.15, 0.2) is 24.3 Å². The molecule has 0 spiro atoms. The minimum Gasteiger partial charge on any atom is -0.319 e. The summed E-state index contributed by atoms with van der Waals surface area (Å²) in [7, 11) is 0. The van der Waals surface area contributed by atoms with Crippen molar-refractivity contribution in [3.05, 3.63) is 35.6 Å². The molecule has 114 valence electrons. The van der Waals surface area contributed by atoms with Gasteiger partial charge in [-0.05, 0) is 37.0 Å². The van der Waals surface area contributed by atoms with E-state index in [2.05, 4.69) is 12.2 Å². The molecule has 1 aliphatic heterocycles. The Kier molecular flexibility index (Phi) is 4.24. The number of halogens is 1. The van der Waals surface area contributed by atoms with Crippen molar-refractivity contribution in [2.24, 2.45) is 0 Å². The topological polar surface area (TPSA) is 32.3 Å². The number of hydrogen-bond donors (Lipinski definition) is 1. The number of nitrogens with zero attached hydrogens (tertiary/aromatic N) is 1. The number of carbonyl (C=O) groups excluding carboxylic acids is 1. The molecule has 1 aliphatic carbocycles. The summed E-state index contributed by atoms with van der Waals surface area (Å²) >= 11 is 0. The summed E-state index contributed by atoms with van der Waals surface area (Å²) in [6.07, 6.45) is 6.14. The van der Waals surface area contributed by atoms with Gasteiger partial charge >= 0.3 is 0 Å². The number of nitrogens with one attached hydrogen (secondary N) is 1. The van der Waals surface area contributed by atoms with Crippen molar-refractivity contribution >= 4 is 5.91 Å². The molecule has 1 saturated carbocycles. The van der Waals surface area contributed by atoms with Crippen molar-refractivity contribution < 1.29 is 9.18 Å². The fraction of sp³-hybridized carbons (Fsp3) is 0.588. The van der Waals surface area contributed by atoms with Crippen molar-refractivity contribution in [2.75, 3.05) is 0 Å². The molecule has 2 unspecified atom stereocenters.